The first-order valence-electron chi connectivity index (χ1n) is 5.55. The van der Waals surface area contributed by atoms with Crippen LogP contribution in [0.3, 0.4) is 0 Å². The maximum atomic E-state index is 12.1. The Morgan fingerprint density at radius 1 is 1.44 bits per heavy atom. The van der Waals surface area contributed by atoms with Crippen molar-refractivity contribution >= 4 is 41.0 Å². The van der Waals surface area contributed by atoms with Gasteiger partial charge in [0.1, 0.15) is 5.37 Å². The van der Waals surface area contributed by atoms with Gasteiger partial charge in [-0.25, -0.2) is 4.79 Å². The van der Waals surface area contributed by atoms with Crippen molar-refractivity contribution in [3.8, 4) is 0 Å². The summed E-state index contributed by atoms with van der Waals surface area (Å²) in [5, 5.41) is 1.19. The molecule has 0 aromatic heterocycles. The zero-order chi connectivity index (χ0) is 13.3. The quantitative estimate of drug-likeness (QED) is 0.789. The van der Waals surface area contributed by atoms with E-state index in [4.69, 9.17) is 23.2 Å². The van der Waals surface area contributed by atoms with Crippen LogP contribution in [0, 0.1) is 0 Å². The molecule has 1 aliphatic heterocycles. The van der Waals surface area contributed by atoms with Gasteiger partial charge in [-0.2, -0.15) is 0 Å². The fourth-order valence-electron chi connectivity index (χ4n) is 1.88. The summed E-state index contributed by atoms with van der Waals surface area (Å²) in [6, 6.07) is 5.43. The number of halogens is 2. The van der Waals surface area contributed by atoms with Gasteiger partial charge < -0.3 is 9.80 Å². The zero-order valence-corrected chi connectivity index (χ0v) is 12.5. The van der Waals surface area contributed by atoms with Gasteiger partial charge in [-0.3, -0.25) is 0 Å². The maximum Gasteiger partial charge on any atom is 0.320 e. The van der Waals surface area contributed by atoms with Crippen molar-refractivity contribution in [2.45, 2.75) is 5.37 Å². The predicted octanol–water partition coefficient (Wildman–Crippen LogP) is 3.72. The van der Waals surface area contributed by atoms with E-state index in [0.717, 1.165) is 17.9 Å². The molecule has 0 radical (unpaired) electrons. The number of amides is 2. The number of benzene rings is 1. The van der Waals surface area contributed by atoms with Gasteiger partial charge >= 0.3 is 6.03 Å². The molecular formula is C12H14Cl2N2OS. The van der Waals surface area contributed by atoms with Gasteiger partial charge in [0.25, 0.3) is 0 Å². The number of nitrogens with zero attached hydrogens (tertiary/aromatic N) is 2. The number of urea groups is 1. The Hall–Kier alpha value is -0.580. The van der Waals surface area contributed by atoms with Gasteiger partial charge in [0.05, 0.1) is 0 Å². The molecule has 1 saturated heterocycles. The molecule has 1 aromatic carbocycles. The van der Waals surface area contributed by atoms with Gasteiger partial charge in [-0.1, -0.05) is 29.3 Å². The minimum Gasteiger partial charge on any atom is -0.331 e. The molecule has 0 saturated carbocycles. The van der Waals surface area contributed by atoms with Crippen LogP contribution < -0.4 is 0 Å². The first-order chi connectivity index (χ1) is 8.50. The lowest BCUT2D eigenvalue weighted by Gasteiger charge is -2.27. The Kier molecular flexibility index (Phi) is 4.30. The van der Waals surface area contributed by atoms with Crippen molar-refractivity contribution in [3.63, 3.8) is 0 Å². The molecule has 6 heteroatoms. The van der Waals surface area contributed by atoms with Gasteiger partial charge in [-0.15, -0.1) is 11.8 Å². The summed E-state index contributed by atoms with van der Waals surface area (Å²) in [6.07, 6.45) is 0. The lowest BCUT2D eigenvalue weighted by molar-refractivity contribution is 0.173. The Morgan fingerprint density at radius 3 is 2.78 bits per heavy atom. The molecule has 2 amide bonds. The third-order valence-corrected chi connectivity index (χ3v) is 4.55. The third kappa shape index (κ3) is 2.71. The fraction of sp³-hybridized carbons (Fsp3) is 0.417. The lowest BCUT2D eigenvalue weighted by atomic mass is 10.2. The molecule has 98 valence electrons. The van der Waals surface area contributed by atoms with Gasteiger partial charge in [-0.05, 0) is 12.1 Å². The summed E-state index contributed by atoms with van der Waals surface area (Å²) >= 11 is 13.8. The molecule has 3 nitrogen and oxygen atoms in total. The van der Waals surface area contributed by atoms with Crippen molar-refractivity contribution in [2.24, 2.45) is 0 Å². The second kappa shape index (κ2) is 5.59. The van der Waals surface area contributed by atoms with E-state index < -0.39 is 0 Å². The summed E-state index contributed by atoms with van der Waals surface area (Å²) in [4.78, 5) is 15.5. The topological polar surface area (TPSA) is 23.6 Å². The van der Waals surface area contributed by atoms with Crippen LogP contribution in [0.1, 0.15) is 10.9 Å². The maximum absolute atomic E-state index is 12.1. The predicted molar refractivity (Wildman–Crippen MR) is 77.5 cm³/mol. The summed E-state index contributed by atoms with van der Waals surface area (Å²) in [5.41, 5.74) is 0.943. The average molecular weight is 305 g/mol. The monoisotopic (exact) mass is 304 g/mol. The van der Waals surface area contributed by atoms with Gasteiger partial charge in [0.2, 0.25) is 0 Å². The van der Waals surface area contributed by atoms with E-state index in [1.165, 1.54) is 0 Å². The number of hydrogen-bond acceptors (Lipinski definition) is 2. The zero-order valence-electron chi connectivity index (χ0n) is 10.2. The highest BCUT2D eigenvalue weighted by Crippen LogP contribution is 2.41. The van der Waals surface area contributed by atoms with Crippen LogP contribution in [0.2, 0.25) is 10.0 Å². The van der Waals surface area contributed by atoms with Crippen LogP contribution >= 0.6 is 35.0 Å². The second-order valence-electron chi connectivity index (χ2n) is 4.26. The summed E-state index contributed by atoms with van der Waals surface area (Å²) in [6.45, 7) is 0.741. The van der Waals surface area contributed by atoms with E-state index in [1.807, 2.05) is 11.0 Å². The van der Waals surface area contributed by atoms with Crippen molar-refractivity contribution in [1.29, 1.82) is 0 Å². The molecule has 18 heavy (non-hydrogen) atoms. The smallest absolute Gasteiger partial charge is 0.320 e. The Labute approximate surface area is 121 Å². The van der Waals surface area contributed by atoms with E-state index in [0.29, 0.717) is 10.0 Å². The van der Waals surface area contributed by atoms with Gasteiger partial charge in [0.15, 0.2) is 0 Å². The number of carbonyl (C=O) groups is 1. The number of thioether (sulfide) groups is 1. The van der Waals surface area contributed by atoms with E-state index in [1.54, 1.807) is 42.9 Å². The van der Waals surface area contributed by atoms with E-state index in [9.17, 15) is 4.79 Å². The Morgan fingerprint density at radius 2 is 2.17 bits per heavy atom. The van der Waals surface area contributed by atoms with Crippen LogP contribution in [0.25, 0.3) is 0 Å². The van der Waals surface area contributed by atoms with Crippen LogP contribution in [0.5, 0.6) is 0 Å². The molecule has 1 fully saturated rings. The normalized spacial score (nSPS) is 19.1. The van der Waals surface area contributed by atoms with Crippen molar-refractivity contribution in [3.05, 3.63) is 33.8 Å². The molecular weight excluding hydrogens is 291 g/mol. The summed E-state index contributed by atoms with van der Waals surface area (Å²) in [5.74, 6) is 0.920. The Bertz CT molecular complexity index is 467. The van der Waals surface area contributed by atoms with Crippen LogP contribution in [-0.2, 0) is 0 Å². The summed E-state index contributed by atoms with van der Waals surface area (Å²) in [7, 11) is 3.51. The third-order valence-electron chi connectivity index (χ3n) is 2.75. The second-order valence-corrected chi connectivity index (χ2v) is 6.29. The first kappa shape index (κ1) is 13.8. The van der Waals surface area contributed by atoms with Crippen molar-refractivity contribution in [1.82, 2.24) is 9.80 Å². The van der Waals surface area contributed by atoms with Crippen molar-refractivity contribution < 1.29 is 4.79 Å². The molecule has 1 atom stereocenters. The van der Waals surface area contributed by atoms with Crippen molar-refractivity contribution in [2.75, 3.05) is 26.4 Å². The number of rotatable bonds is 1. The molecule has 1 aromatic rings. The minimum atomic E-state index is -0.0235. The summed E-state index contributed by atoms with van der Waals surface area (Å²) < 4.78 is 0. The molecule has 0 N–H and O–H groups in total. The highest BCUT2D eigenvalue weighted by molar-refractivity contribution is 7.99. The van der Waals surface area contributed by atoms with E-state index in [-0.39, 0.29) is 11.4 Å². The number of hydrogen-bond donors (Lipinski definition) is 0. The highest BCUT2D eigenvalue weighted by atomic mass is 35.5. The highest BCUT2D eigenvalue weighted by Gasteiger charge is 2.32. The Balaban J connectivity index is 2.29. The van der Waals surface area contributed by atoms with Crippen LogP contribution in [0.15, 0.2) is 18.2 Å². The molecule has 0 spiro atoms. The molecule has 0 aliphatic carbocycles. The molecule has 1 aliphatic rings. The molecule has 1 heterocycles. The average Bonchev–Trinajstić information content (AvgIpc) is 2.76. The molecule has 0 bridgehead atoms. The van der Waals surface area contributed by atoms with Gasteiger partial charge in [0, 0.05) is 42.0 Å². The molecule has 2 rings (SSSR count). The largest absolute Gasteiger partial charge is 0.331 e. The van der Waals surface area contributed by atoms with Crippen LogP contribution in [0.4, 0.5) is 4.79 Å². The molecule has 1 unspecified atom stereocenters. The standard InChI is InChI=1S/C12H14Cl2N2OS/c1-15(2)12(17)16-5-6-18-11(16)9-4-3-8(13)7-10(9)14/h3-4,7,11H,5-6H2,1-2H3. The first-order valence-corrected chi connectivity index (χ1v) is 7.35. The number of carbonyl (C=O) groups excluding carboxylic acids is 1. The van der Waals surface area contributed by atoms with E-state index >= 15 is 0 Å². The SMILES string of the molecule is CN(C)C(=O)N1CCSC1c1ccc(Cl)cc1Cl. The minimum absolute atomic E-state index is 0.0102. The fourth-order valence-corrected chi connectivity index (χ4v) is 3.74. The lowest BCUT2D eigenvalue weighted by Crippen LogP contribution is -2.38. The van der Waals surface area contributed by atoms with E-state index in [2.05, 4.69) is 0 Å². The van der Waals surface area contributed by atoms with Crippen LogP contribution in [-0.4, -0.2) is 42.2 Å².